The van der Waals surface area contributed by atoms with Crippen molar-refractivity contribution in [2.24, 2.45) is 11.8 Å². The van der Waals surface area contributed by atoms with E-state index in [-0.39, 0.29) is 88.6 Å². The molecule has 0 aliphatic heterocycles. The fraction of sp³-hybridized carbons (Fsp3) is 0.600. The normalized spacial score (nSPS) is 16.4. The Morgan fingerprint density at radius 1 is 0.385 bits per heavy atom. The van der Waals surface area contributed by atoms with Crippen molar-refractivity contribution < 1.29 is 88.6 Å². The summed E-state index contributed by atoms with van der Waals surface area (Å²) < 4.78 is 0. The van der Waals surface area contributed by atoms with Gasteiger partial charge in [0.05, 0.1) is 0 Å². The van der Waals surface area contributed by atoms with Gasteiger partial charge in [0.25, 0.3) is 0 Å². The van der Waals surface area contributed by atoms with Crippen LogP contribution in [0.4, 0.5) is 0 Å². The summed E-state index contributed by atoms with van der Waals surface area (Å²) in [5, 5.41) is 0. The van der Waals surface area contributed by atoms with Crippen LogP contribution in [0.5, 0.6) is 0 Å². The maximum absolute atomic E-state index is 2.28. The maximum Gasteiger partial charge on any atom is 2.00 e. The van der Waals surface area contributed by atoms with Crippen LogP contribution in [0.2, 0.25) is 0 Å². The largest absolute Gasteiger partial charge is 2.00 e. The Labute approximate surface area is 212 Å². The van der Waals surface area contributed by atoms with E-state index in [1.54, 1.807) is 22.3 Å². The Hall–Kier alpha value is 1.37. The molecule has 0 spiro atoms. The molecule has 158 valence electrons. The summed E-state index contributed by atoms with van der Waals surface area (Å²) in [5.41, 5.74) is 12.2. The smallest absolute Gasteiger partial charge is 1.00 e. The van der Waals surface area contributed by atoms with E-state index in [1.807, 2.05) is 0 Å². The van der Waals surface area contributed by atoms with E-state index in [9.17, 15) is 0 Å². The first-order valence-electron chi connectivity index (χ1n) is 7.81. The van der Waals surface area contributed by atoms with Gasteiger partial charge in [-0.05, 0) is 89.5 Å². The van der Waals surface area contributed by atoms with Crippen molar-refractivity contribution in [3.05, 3.63) is 44.6 Å². The summed E-state index contributed by atoms with van der Waals surface area (Å²) in [6.07, 6.45) is 0. The Morgan fingerprint density at radius 3 is 0.538 bits per heavy atom. The second kappa shape index (κ2) is 17.2. The molecule has 26 heavy (non-hydrogen) atoms. The number of allylic oxidation sites excluding steroid dienone is 8. The molecule has 0 amide bonds. The Kier molecular flexibility index (Phi) is 27.6. The SMILES string of the molecule is CC1=C(C)C(C)C(C)=C1C.CC1=C(C)C(C)C(C)=C1C.[Cl-].[Cl-].[Cl-].[Cl-].[Rh+2].[Rh+2]. The number of hydrogen-bond donors (Lipinski definition) is 0. The van der Waals surface area contributed by atoms with Crippen LogP contribution in [0.25, 0.3) is 0 Å². The molecule has 0 heterocycles. The summed E-state index contributed by atoms with van der Waals surface area (Å²) in [4.78, 5) is 0. The molecular weight excluding hydrogens is 588 g/mol. The summed E-state index contributed by atoms with van der Waals surface area (Å²) in [6, 6.07) is 0. The summed E-state index contributed by atoms with van der Waals surface area (Å²) >= 11 is 0. The van der Waals surface area contributed by atoms with Crippen LogP contribution in [0.15, 0.2) is 44.6 Å². The minimum atomic E-state index is 0. The van der Waals surface area contributed by atoms with Gasteiger partial charge in [0.1, 0.15) is 0 Å². The molecular formula is C20H32Cl4Rh2. The average molecular weight is 620 g/mol. The zero-order valence-electron chi connectivity index (χ0n) is 17.3. The van der Waals surface area contributed by atoms with Gasteiger partial charge in [-0.25, -0.2) is 0 Å². The van der Waals surface area contributed by atoms with Crippen molar-refractivity contribution in [3.8, 4) is 0 Å². The molecule has 0 saturated heterocycles. The maximum atomic E-state index is 2.28. The van der Waals surface area contributed by atoms with E-state index in [2.05, 4.69) is 69.2 Å². The molecule has 0 aromatic heterocycles. The topological polar surface area (TPSA) is 0 Å². The standard InChI is InChI=1S/2C10H16.4ClH.2Rh/c2*1-6-7(2)9(4)10(5)8(6)3;;;;;;/h2*6H,1-5H3;4*1H;;/q;;;;;;2*+2/p-4. The van der Waals surface area contributed by atoms with Gasteiger partial charge in [0.2, 0.25) is 0 Å². The Balaban J connectivity index is -0.0000000625. The van der Waals surface area contributed by atoms with Crippen LogP contribution in [0.1, 0.15) is 69.2 Å². The van der Waals surface area contributed by atoms with E-state index in [0.717, 1.165) is 0 Å². The third-order valence-corrected chi connectivity index (χ3v) is 6.09. The van der Waals surface area contributed by atoms with Crippen molar-refractivity contribution in [3.63, 3.8) is 0 Å². The Morgan fingerprint density at radius 2 is 0.500 bits per heavy atom. The van der Waals surface area contributed by atoms with E-state index in [0.29, 0.717) is 11.8 Å². The summed E-state index contributed by atoms with van der Waals surface area (Å²) in [7, 11) is 0. The minimum Gasteiger partial charge on any atom is -1.00 e. The van der Waals surface area contributed by atoms with Gasteiger partial charge in [0, 0.05) is 0 Å². The van der Waals surface area contributed by atoms with Gasteiger partial charge >= 0.3 is 39.0 Å². The third kappa shape index (κ3) is 8.80. The summed E-state index contributed by atoms with van der Waals surface area (Å²) in [5.74, 6) is 1.39. The number of hydrogen-bond acceptors (Lipinski definition) is 0. The molecule has 2 rings (SSSR count). The molecule has 0 aromatic rings. The van der Waals surface area contributed by atoms with E-state index >= 15 is 0 Å². The predicted octanol–water partition coefficient (Wildman–Crippen LogP) is -5.37. The third-order valence-electron chi connectivity index (χ3n) is 6.09. The fourth-order valence-electron chi connectivity index (χ4n) is 3.13. The molecule has 6 heteroatoms. The first kappa shape index (κ1) is 41.7. The molecule has 0 aromatic carbocycles. The quantitative estimate of drug-likeness (QED) is 0.238. The van der Waals surface area contributed by atoms with Crippen molar-refractivity contribution in [2.75, 3.05) is 0 Å². The van der Waals surface area contributed by atoms with Crippen LogP contribution < -0.4 is 49.6 Å². The van der Waals surface area contributed by atoms with Crippen molar-refractivity contribution in [2.45, 2.75) is 69.2 Å². The molecule has 2 aliphatic carbocycles. The van der Waals surface area contributed by atoms with Crippen molar-refractivity contribution in [1.82, 2.24) is 0 Å². The van der Waals surface area contributed by atoms with Crippen LogP contribution >= 0.6 is 0 Å². The van der Waals surface area contributed by atoms with Crippen LogP contribution in [-0.4, -0.2) is 0 Å². The van der Waals surface area contributed by atoms with Gasteiger partial charge in [-0.3, -0.25) is 0 Å². The molecule has 0 fully saturated rings. The average Bonchev–Trinajstić information content (AvgIpc) is 2.71. The first-order valence-corrected chi connectivity index (χ1v) is 7.81. The number of rotatable bonds is 0. The van der Waals surface area contributed by atoms with E-state index in [1.165, 1.54) is 22.3 Å². The van der Waals surface area contributed by atoms with Crippen LogP contribution in [0.3, 0.4) is 0 Å². The summed E-state index contributed by atoms with van der Waals surface area (Å²) in [6.45, 7) is 22.4. The van der Waals surface area contributed by atoms with Gasteiger partial charge in [0.15, 0.2) is 0 Å². The molecule has 0 unspecified atom stereocenters. The van der Waals surface area contributed by atoms with Gasteiger partial charge < -0.3 is 49.6 Å². The second-order valence-electron chi connectivity index (χ2n) is 6.68. The van der Waals surface area contributed by atoms with E-state index < -0.39 is 0 Å². The van der Waals surface area contributed by atoms with Crippen LogP contribution in [0, 0.1) is 11.8 Å². The van der Waals surface area contributed by atoms with E-state index in [4.69, 9.17) is 0 Å². The minimum absolute atomic E-state index is 0. The predicted molar refractivity (Wildman–Crippen MR) is 91.8 cm³/mol. The second-order valence-corrected chi connectivity index (χ2v) is 6.68. The molecule has 0 atom stereocenters. The zero-order chi connectivity index (χ0) is 15.8. The fourth-order valence-corrected chi connectivity index (χ4v) is 3.13. The van der Waals surface area contributed by atoms with Gasteiger partial charge in [-0.1, -0.05) is 36.1 Å². The van der Waals surface area contributed by atoms with Gasteiger partial charge in [-0.15, -0.1) is 0 Å². The molecule has 2 radical (unpaired) electrons. The monoisotopic (exact) mass is 618 g/mol. The molecule has 0 nitrogen and oxygen atoms in total. The number of halogens is 4. The Bertz CT molecular complexity index is 460. The molecule has 0 saturated carbocycles. The van der Waals surface area contributed by atoms with Crippen LogP contribution in [-0.2, 0) is 39.0 Å². The molecule has 0 N–H and O–H groups in total. The first-order chi connectivity index (χ1) is 9.11. The zero-order valence-corrected chi connectivity index (χ0v) is 23.6. The van der Waals surface area contributed by atoms with Crippen molar-refractivity contribution >= 4 is 0 Å². The van der Waals surface area contributed by atoms with Gasteiger partial charge in [-0.2, -0.15) is 0 Å². The molecule has 0 bridgehead atoms. The molecule has 2 aliphatic rings. The van der Waals surface area contributed by atoms with Crippen molar-refractivity contribution in [1.29, 1.82) is 0 Å².